The molecule has 3 heteroatoms. The van der Waals surface area contributed by atoms with Crippen molar-refractivity contribution >= 4 is 34.1 Å². The number of ketones is 1. The Morgan fingerprint density at radius 3 is 2.71 bits per heavy atom. The fourth-order valence-electron chi connectivity index (χ4n) is 1.87. The lowest BCUT2D eigenvalue weighted by molar-refractivity contribution is 0.0982. The highest BCUT2D eigenvalue weighted by atomic mass is 127. The minimum atomic E-state index is 0.274. The Balaban J connectivity index is 2.58. The van der Waals surface area contributed by atoms with Gasteiger partial charge < -0.3 is 5.73 Å². The quantitative estimate of drug-likeness (QED) is 0.455. The Kier molecular flexibility index (Phi) is 2.76. The second kappa shape index (κ2) is 3.88. The van der Waals surface area contributed by atoms with Crippen LogP contribution >= 0.6 is 22.6 Å². The Morgan fingerprint density at radius 1 is 1.21 bits per heavy atom. The van der Waals surface area contributed by atoms with E-state index in [1.165, 1.54) is 0 Å². The number of anilines is 1. The van der Waals surface area contributed by atoms with Gasteiger partial charge in [0.25, 0.3) is 0 Å². The van der Waals surface area contributed by atoms with Crippen LogP contribution in [0.15, 0.2) is 12.1 Å². The van der Waals surface area contributed by atoms with Crippen molar-refractivity contribution in [3.8, 4) is 0 Å². The third-order valence-electron chi connectivity index (χ3n) is 2.65. The van der Waals surface area contributed by atoms with Crippen molar-refractivity contribution in [2.75, 3.05) is 5.73 Å². The molecule has 1 aliphatic rings. The van der Waals surface area contributed by atoms with E-state index in [-0.39, 0.29) is 5.78 Å². The fraction of sp³-hybridized carbons (Fsp3) is 0.364. The summed E-state index contributed by atoms with van der Waals surface area (Å²) in [6.07, 6.45) is 3.78. The van der Waals surface area contributed by atoms with Crippen molar-refractivity contribution < 1.29 is 4.79 Å². The van der Waals surface area contributed by atoms with E-state index in [4.69, 9.17) is 5.73 Å². The Hall–Kier alpha value is -0.580. The standard InChI is InChI=1S/C11H12INO/c12-11-8-3-1-2-4-10(14)7(8)5-6-9(11)13/h5-6H,1-4,13H2. The van der Waals surface area contributed by atoms with Crippen LogP contribution in [0.25, 0.3) is 0 Å². The zero-order valence-corrected chi connectivity index (χ0v) is 10.0. The van der Waals surface area contributed by atoms with Gasteiger partial charge in [-0.1, -0.05) is 0 Å². The smallest absolute Gasteiger partial charge is 0.163 e. The molecule has 74 valence electrons. The molecular formula is C11H12INO. The summed E-state index contributed by atoms with van der Waals surface area (Å²) in [7, 11) is 0. The third-order valence-corrected chi connectivity index (χ3v) is 3.93. The molecule has 0 saturated heterocycles. The van der Waals surface area contributed by atoms with Crippen LogP contribution in [0.5, 0.6) is 0 Å². The van der Waals surface area contributed by atoms with E-state index in [1.807, 2.05) is 12.1 Å². The van der Waals surface area contributed by atoms with Gasteiger partial charge >= 0.3 is 0 Å². The topological polar surface area (TPSA) is 43.1 Å². The summed E-state index contributed by atoms with van der Waals surface area (Å²) in [5.74, 6) is 0.274. The van der Waals surface area contributed by atoms with E-state index in [2.05, 4.69) is 22.6 Å². The molecule has 0 spiro atoms. The molecule has 2 rings (SSSR count). The molecule has 1 aromatic rings. The summed E-state index contributed by atoms with van der Waals surface area (Å²) in [5, 5.41) is 0. The summed E-state index contributed by atoms with van der Waals surface area (Å²) in [4.78, 5) is 11.7. The molecule has 0 fully saturated rings. The van der Waals surface area contributed by atoms with Gasteiger partial charge in [0.1, 0.15) is 0 Å². The highest BCUT2D eigenvalue weighted by Gasteiger charge is 2.18. The molecule has 0 aliphatic heterocycles. The summed E-state index contributed by atoms with van der Waals surface area (Å²) in [6.45, 7) is 0. The first-order valence-corrected chi connectivity index (χ1v) is 5.88. The lowest BCUT2D eigenvalue weighted by Gasteiger charge is -2.09. The second-order valence-electron chi connectivity index (χ2n) is 3.63. The number of rotatable bonds is 0. The van der Waals surface area contributed by atoms with Gasteiger partial charge in [0.15, 0.2) is 5.78 Å². The molecule has 0 aromatic heterocycles. The number of carbonyl (C=O) groups excluding carboxylic acids is 1. The number of carbonyl (C=O) groups is 1. The van der Waals surface area contributed by atoms with E-state index in [9.17, 15) is 4.79 Å². The van der Waals surface area contributed by atoms with E-state index in [1.54, 1.807) is 0 Å². The highest BCUT2D eigenvalue weighted by molar-refractivity contribution is 14.1. The number of nitrogen functional groups attached to an aromatic ring is 1. The summed E-state index contributed by atoms with van der Waals surface area (Å²) < 4.78 is 1.07. The first-order valence-electron chi connectivity index (χ1n) is 4.80. The molecule has 1 aliphatic carbocycles. The first-order chi connectivity index (χ1) is 6.70. The first kappa shape index (κ1) is 9.96. The van der Waals surface area contributed by atoms with Gasteiger partial charge in [0.2, 0.25) is 0 Å². The van der Waals surface area contributed by atoms with E-state index < -0.39 is 0 Å². The van der Waals surface area contributed by atoms with Crippen LogP contribution < -0.4 is 5.73 Å². The predicted molar refractivity (Wildman–Crippen MR) is 65.5 cm³/mol. The van der Waals surface area contributed by atoms with E-state index in [0.717, 1.165) is 39.6 Å². The van der Waals surface area contributed by atoms with Crippen LogP contribution in [0, 0.1) is 3.57 Å². The zero-order valence-electron chi connectivity index (χ0n) is 7.85. The van der Waals surface area contributed by atoms with Crippen LogP contribution in [-0.4, -0.2) is 5.78 Å². The van der Waals surface area contributed by atoms with Gasteiger partial charge in [-0.25, -0.2) is 0 Å². The molecule has 0 radical (unpaired) electrons. The minimum absolute atomic E-state index is 0.274. The van der Waals surface area contributed by atoms with E-state index in [0.29, 0.717) is 6.42 Å². The average molecular weight is 301 g/mol. The van der Waals surface area contributed by atoms with Crippen molar-refractivity contribution in [2.24, 2.45) is 0 Å². The zero-order chi connectivity index (χ0) is 10.1. The van der Waals surface area contributed by atoms with Crippen LogP contribution in [0.1, 0.15) is 35.2 Å². The van der Waals surface area contributed by atoms with Crippen molar-refractivity contribution in [1.29, 1.82) is 0 Å². The predicted octanol–water partition coefficient (Wildman–Crippen LogP) is 2.78. The lowest BCUT2D eigenvalue weighted by Crippen LogP contribution is -2.04. The number of fused-ring (bicyclic) bond motifs is 1. The summed E-state index contributed by atoms with van der Waals surface area (Å²) >= 11 is 2.24. The molecule has 14 heavy (non-hydrogen) atoms. The maximum atomic E-state index is 11.7. The molecule has 0 unspecified atom stereocenters. The number of halogens is 1. The Morgan fingerprint density at radius 2 is 1.93 bits per heavy atom. The number of hydrogen-bond acceptors (Lipinski definition) is 2. The van der Waals surface area contributed by atoms with Gasteiger partial charge in [-0.2, -0.15) is 0 Å². The third kappa shape index (κ3) is 1.65. The summed E-state index contributed by atoms with van der Waals surface area (Å²) in [6, 6.07) is 3.71. The summed E-state index contributed by atoms with van der Waals surface area (Å²) in [5.41, 5.74) is 8.66. The van der Waals surface area contributed by atoms with Gasteiger partial charge in [-0.3, -0.25) is 4.79 Å². The number of Topliss-reactive ketones (excluding diaryl/α,β-unsaturated/α-hetero) is 1. The number of nitrogens with two attached hydrogens (primary N) is 1. The van der Waals surface area contributed by atoms with Crippen molar-refractivity contribution in [1.82, 2.24) is 0 Å². The Bertz CT molecular complexity index is 387. The molecule has 2 N–H and O–H groups in total. The van der Waals surface area contributed by atoms with E-state index >= 15 is 0 Å². The SMILES string of the molecule is Nc1ccc2c(c1I)CCCCC2=O. The van der Waals surface area contributed by atoms with Gasteiger partial charge in [0.05, 0.1) is 0 Å². The molecule has 2 nitrogen and oxygen atoms in total. The minimum Gasteiger partial charge on any atom is -0.398 e. The molecule has 0 saturated carbocycles. The Labute approximate surface area is 97.0 Å². The highest BCUT2D eigenvalue weighted by Crippen LogP contribution is 2.28. The molecule has 0 amide bonds. The largest absolute Gasteiger partial charge is 0.398 e. The monoisotopic (exact) mass is 301 g/mol. The second-order valence-corrected chi connectivity index (χ2v) is 4.70. The van der Waals surface area contributed by atoms with Gasteiger partial charge in [-0.15, -0.1) is 0 Å². The van der Waals surface area contributed by atoms with Crippen molar-refractivity contribution in [3.63, 3.8) is 0 Å². The fourth-order valence-corrected chi connectivity index (χ4v) is 2.61. The number of benzene rings is 1. The van der Waals surface area contributed by atoms with Crippen LogP contribution in [0.3, 0.4) is 0 Å². The molecule has 0 bridgehead atoms. The van der Waals surface area contributed by atoms with Crippen LogP contribution in [-0.2, 0) is 6.42 Å². The normalized spacial score (nSPS) is 16.2. The molecule has 0 heterocycles. The lowest BCUT2D eigenvalue weighted by atomic mass is 10.0. The van der Waals surface area contributed by atoms with Gasteiger partial charge in [-0.05, 0) is 59.5 Å². The van der Waals surface area contributed by atoms with Crippen LogP contribution in [0.2, 0.25) is 0 Å². The average Bonchev–Trinajstić information content (AvgIpc) is 2.35. The molecule has 1 aromatic carbocycles. The maximum Gasteiger partial charge on any atom is 0.163 e. The molecular weight excluding hydrogens is 289 g/mol. The van der Waals surface area contributed by atoms with Gasteiger partial charge in [0, 0.05) is 21.2 Å². The maximum absolute atomic E-state index is 11.7. The number of hydrogen-bond donors (Lipinski definition) is 1. The molecule has 0 atom stereocenters. The van der Waals surface area contributed by atoms with Crippen molar-refractivity contribution in [2.45, 2.75) is 25.7 Å². The van der Waals surface area contributed by atoms with Crippen LogP contribution in [0.4, 0.5) is 5.69 Å². The van der Waals surface area contributed by atoms with Crippen molar-refractivity contribution in [3.05, 3.63) is 26.8 Å².